The second-order valence-corrected chi connectivity index (χ2v) is 6.29. The minimum Gasteiger partial charge on any atom is -0.354 e. The van der Waals surface area contributed by atoms with Crippen LogP contribution < -0.4 is 10.2 Å². The van der Waals surface area contributed by atoms with E-state index in [9.17, 15) is 0 Å². The lowest BCUT2D eigenvalue weighted by Gasteiger charge is -2.25. The van der Waals surface area contributed by atoms with Crippen LogP contribution in [0.1, 0.15) is 19.3 Å². The molecule has 2 aromatic heterocycles. The number of rotatable bonds is 1. The van der Waals surface area contributed by atoms with E-state index in [0.29, 0.717) is 6.04 Å². The highest BCUT2D eigenvalue weighted by atomic mass is 32.1. The van der Waals surface area contributed by atoms with Gasteiger partial charge in [0.2, 0.25) is 0 Å². The molecule has 2 aliphatic heterocycles. The summed E-state index contributed by atoms with van der Waals surface area (Å²) >= 11 is 1.80. The van der Waals surface area contributed by atoms with Gasteiger partial charge in [-0.1, -0.05) is 0 Å². The van der Waals surface area contributed by atoms with Crippen molar-refractivity contribution in [2.75, 3.05) is 18.0 Å². The van der Waals surface area contributed by atoms with Gasteiger partial charge in [-0.25, -0.2) is 4.98 Å². The summed E-state index contributed by atoms with van der Waals surface area (Å²) in [6, 6.07) is 5.72. The Morgan fingerprint density at radius 1 is 1.22 bits per heavy atom. The quantitative estimate of drug-likeness (QED) is 0.853. The molecule has 0 amide bonds. The smallest absolute Gasteiger partial charge is 0.137 e. The van der Waals surface area contributed by atoms with Crippen molar-refractivity contribution in [1.29, 1.82) is 0 Å². The van der Waals surface area contributed by atoms with E-state index in [1.807, 2.05) is 6.20 Å². The molecular weight excluding hydrogens is 242 g/mol. The lowest BCUT2D eigenvalue weighted by molar-refractivity contribution is 0.563. The van der Waals surface area contributed by atoms with E-state index in [1.54, 1.807) is 11.3 Å². The molecule has 2 saturated heterocycles. The molecule has 0 radical (unpaired) electrons. The number of nitrogens with zero attached hydrogens (tertiary/aromatic N) is 2. The maximum Gasteiger partial charge on any atom is 0.137 e. The van der Waals surface area contributed by atoms with Gasteiger partial charge in [-0.15, -0.1) is 11.3 Å². The molecule has 2 fully saturated rings. The lowest BCUT2D eigenvalue weighted by atomic mass is 10.1. The minimum atomic E-state index is 0.660. The van der Waals surface area contributed by atoms with Gasteiger partial charge in [0.25, 0.3) is 0 Å². The number of pyridine rings is 1. The molecule has 4 heteroatoms. The second kappa shape index (κ2) is 4.21. The monoisotopic (exact) mass is 259 g/mol. The Balaban J connectivity index is 1.71. The molecule has 2 aromatic rings. The van der Waals surface area contributed by atoms with Crippen LogP contribution in [0.4, 0.5) is 5.82 Å². The first-order valence-corrected chi connectivity index (χ1v) is 7.61. The molecule has 0 aliphatic carbocycles. The standard InChI is InChI=1S/C14H17N3S/c1-2-11-9-17(7-4-10(1)16-11)14-12-5-8-18-13(12)3-6-15-14/h3,5-6,8,10-11,16H,1-2,4,7,9H2. The molecule has 0 aromatic carbocycles. The molecule has 94 valence electrons. The van der Waals surface area contributed by atoms with Gasteiger partial charge in [-0.3, -0.25) is 0 Å². The van der Waals surface area contributed by atoms with Gasteiger partial charge in [0.15, 0.2) is 0 Å². The van der Waals surface area contributed by atoms with Gasteiger partial charge >= 0.3 is 0 Å². The number of hydrogen-bond donors (Lipinski definition) is 1. The number of fused-ring (bicyclic) bond motifs is 3. The maximum atomic E-state index is 4.63. The fourth-order valence-electron chi connectivity index (χ4n) is 3.27. The third-order valence-corrected chi connectivity index (χ3v) is 5.06. The van der Waals surface area contributed by atoms with Crippen LogP contribution in [-0.2, 0) is 0 Å². The Kier molecular flexibility index (Phi) is 2.52. The predicted octanol–water partition coefficient (Wildman–Crippen LogP) is 2.63. The predicted molar refractivity (Wildman–Crippen MR) is 76.4 cm³/mol. The minimum absolute atomic E-state index is 0.660. The molecular formula is C14H17N3S. The van der Waals surface area contributed by atoms with E-state index in [-0.39, 0.29) is 0 Å². The Bertz CT molecular complexity index is 565. The summed E-state index contributed by atoms with van der Waals surface area (Å²) in [5, 5.41) is 7.21. The van der Waals surface area contributed by atoms with Crippen molar-refractivity contribution in [3.63, 3.8) is 0 Å². The lowest BCUT2D eigenvalue weighted by Crippen LogP contribution is -2.35. The summed E-state index contributed by atoms with van der Waals surface area (Å²) < 4.78 is 1.35. The van der Waals surface area contributed by atoms with Gasteiger partial charge in [-0.05, 0) is 36.8 Å². The molecule has 2 unspecified atom stereocenters. The second-order valence-electron chi connectivity index (χ2n) is 5.34. The highest BCUT2D eigenvalue weighted by molar-refractivity contribution is 7.17. The Morgan fingerprint density at radius 3 is 3.17 bits per heavy atom. The van der Waals surface area contributed by atoms with Crippen LogP contribution in [0, 0.1) is 0 Å². The summed E-state index contributed by atoms with van der Waals surface area (Å²) in [5.41, 5.74) is 0. The summed E-state index contributed by atoms with van der Waals surface area (Å²) in [7, 11) is 0. The first-order chi connectivity index (χ1) is 8.90. The van der Waals surface area contributed by atoms with Crippen molar-refractivity contribution < 1.29 is 0 Å². The molecule has 2 atom stereocenters. The average Bonchev–Trinajstić information content (AvgIpc) is 2.95. The normalized spacial score (nSPS) is 27.7. The summed E-state index contributed by atoms with van der Waals surface area (Å²) in [5.74, 6) is 1.18. The van der Waals surface area contributed by atoms with E-state index >= 15 is 0 Å². The highest BCUT2D eigenvalue weighted by Crippen LogP contribution is 2.31. The van der Waals surface area contributed by atoms with Gasteiger partial charge in [0.1, 0.15) is 5.82 Å². The van der Waals surface area contributed by atoms with Crippen LogP contribution in [-0.4, -0.2) is 30.2 Å². The van der Waals surface area contributed by atoms with Crippen LogP contribution in [0.25, 0.3) is 10.1 Å². The van der Waals surface area contributed by atoms with E-state index < -0.39 is 0 Å². The van der Waals surface area contributed by atoms with Crippen LogP contribution in [0.3, 0.4) is 0 Å². The zero-order valence-electron chi connectivity index (χ0n) is 10.3. The zero-order chi connectivity index (χ0) is 11.9. The number of aromatic nitrogens is 1. The third kappa shape index (κ3) is 1.71. The first-order valence-electron chi connectivity index (χ1n) is 6.73. The Morgan fingerprint density at radius 2 is 2.17 bits per heavy atom. The fourth-order valence-corrected chi connectivity index (χ4v) is 4.04. The van der Waals surface area contributed by atoms with Gasteiger partial charge < -0.3 is 10.2 Å². The van der Waals surface area contributed by atoms with E-state index in [2.05, 4.69) is 32.7 Å². The molecule has 2 aliphatic rings. The summed E-state index contributed by atoms with van der Waals surface area (Å²) in [4.78, 5) is 7.11. The number of nitrogens with one attached hydrogen (secondary N) is 1. The average molecular weight is 259 g/mol. The fraction of sp³-hybridized carbons (Fsp3) is 0.500. The van der Waals surface area contributed by atoms with Crippen LogP contribution in [0.15, 0.2) is 23.7 Å². The van der Waals surface area contributed by atoms with Crippen molar-refractivity contribution >= 4 is 27.2 Å². The van der Waals surface area contributed by atoms with Crippen LogP contribution in [0.5, 0.6) is 0 Å². The summed E-state index contributed by atoms with van der Waals surface area (Å²) in [6.45, 7) is 2.24. The molecule has 3 nitrogen and oxygen atoms in total. The SMILES string of the molecule is c1cc2sccc2c(N2CCC3CCC(C2)N3)n1. The molecule has 2 bridgehead atoms. The number of hydrogen-bond acceptors (Lipinski definition) is 4. The molecule has 1 N–H and O–H groups in total. The van der Waals surface area contributed by atoms with Crippen LogP contribution in [0.2, 0.25) is 0 Å². The molecule has 0 saturated carbocycles. The van der Waals surface area contributed by atoms with Crippen LogP contribution >= 0.6 is 11.3 Å². The number of anilines is 1. The highest BCUT2D eigenvalue weighted by Gasteiger charge is 2.30. The first kappa shape index (κ1) is 10.8. The molecule has 18 heavy (non-hydrogen) atoms. The topological polar surface area (TPSA) is 28.2 Å². The zero-order valence-corrected chi connectivity index (χ0v) is 11.1. The molecule has 4 heterocycles. The van der Waals surface area contributed by atoms with Gasteiger partial charge in [0, 0.05) is 41.5 Å². The Labute approximate surface area is 111 Å². The van der Waals surface area contributed by atoms with Crippen molar-refractivity contribution in [3.8, 4) is 0 Å². The van der Waals surface area contributed by atoms with Crippen molar-refractivity contribution in [2.45, 2.75) is 31.3 Å². The largest absolute Gasteiger partial charge is 0.354 e. The van der Waals surface area contributed by atoms with Gasteiger partial charge in [0.05, 0.1) is 0 Å². The van der Waals surface area contributed by atoms with Crippen molar-refractivity contribution in [3.05, 3.63) is 23.7 Å². The van der Waals surface area contributed by atoms with E-state index in [0.717, 1.165) is 19.1 Å². The maximum absolute atomic E-state index is 4.63. The van der Waals surface area contributed by atoms with Crippen molar-refractivity contribution in [1.82, 2.24) is 10.3 Å². The number of thiophene rings is 1. The summed E-state index contributed by atoms with van der Waals surface area (Å²) in [6.07, 6.45) is 5.87. The van der Waals surface area contributed by atoms with E-state index in [4.69, 9.17) is 0 Å². The molecule has 0 spiro atoms. The molecule has 4 rings (SSSR count). The van der Waals surface area contributed by atoms with E-state index in [1.165, 1.54) is 35.2 Å². The Hall–Kier alpha value is -1.13. The van der Waals surface area contributed by atoms with Crippen molar-refractivity contribution in [2.24, 2.45) is 0 Å². The third-order valence-electron chi connectivity index (χ3n) is 4.18. The van der Waals surface area contributed by atoms with Gasteiger partial charge in [-0.2, -0.15) is 0 Å².